The number of H-pyrrole nitrogens is 1. The van der Waals surface area contributed by atoms with Gasteiger partial charge in [0, 0.05) is 22.8 Å². The summed E-state index contributed by atoms with van der Waals surface area (Å²) in [4.78, 5) is 43.7. The van der Waals surface area contributed by atoms with Crippen molar-refractivity contribution in [2.45, 2.75) is 54.0 Å². The van der Waals surface area contributed by atoms with Crippen LogP contribution in [-0.2, 0) is 6.54 Å². The third-order valence-corrected chi connectivity index (χ3v) is 5.25. The molecule has 1 amide bonds. The third-order valence-electron chi connectivity index (χ3n) is 4.28. The predicted molar refractivity (Wildman–Crippen MR) is 111 cm³/mol. The van der Waals surface area contributed by atoms with Crippen LogP contribution in [0.5, 0.6) is 0 Å². The van der Waals surface area contributed by atoms with Crippen LogP contribution in [-0.4, -0.2) is 22.0 Å². The maximum Gasteiger partial charge on any atom is 0.330 e. The summed E-state index contributed by atoms with van der Waals surface area (Å²) in [5.74, 6) is -0.122. The summed E-state index contributed by atoms with van der Waals surface area (Å²) in [7, 11) is 0. The molecule has 8 heteroatoms. The van der Waals surface area contributed by atoms with Gasteiger partial charge in [-0.25, -0.2) is 4.79 Å². The Hall–Kier alpha value is -2.35. The number of aromatic amines is 1. The molecule has 0 spiro atoms. The number of nitrogens with zero attached hydrogens (tertiary/aromatic N) is 2. The number of amides is 1. The fourth-order valence-electron chi connectivity index (χ4n) is 3.01. The van der Waals surface area contributed by atoms with Crippen LogP contribution < -0.4 is 21.9 Å². The maximum atomic E-state index is 13.3. The normalized spacial score (nSPS) is 11.2. The number of nitrogen functional groups attached to an aromatic ring is 1. The highest BCUT2D eigenvalue weighted by Gasteiger charge is 2.27. The number of hydrogen-bond acceptors (Lipinski definition) is 5. The van der Waals surface area contributed by atoms with E-state index in [1.54, 1.807) is 0 Å². The highest BCUT2D eigenvalue weighted by molar-refractivity contribution is 7.12. The first-order chi connectivity index (χ1) is 12.7. The smallest absolute Gasteiger partial charge is 0.330 e. The number of nitrogens with one attached hydrogen (secondary N) is 1. The monoisotopic (exact) mass is 392 g/mol. The number of aryl methyl sites for hydroxylation is 2. The van der Waals surface area contributed by atoms with Crippen molar-refractivity contribution >= 4 is 28.7 Å². The molecule has 148 valence electrons. The number of rotatable bonds is 7. The van der Waals surface area contributed by atoms with Crippen molar-refractivity contribution < 1.29 is 4.79 Å². The van der Waals surface area contributed by atoms with Gasteiger partial charge < -0.3 is 10.6 Å². The second kappa shape index (κ2) is 8.56. The Balaban J connectivity index is 2.63. The Labute approximate surface area is 162 Å². The van der Waals surface area contributed by atoms with E-state index in [0.29, 0.717) is 18.7 Å². The summed E-state index contributed by atoms with van der Waals surface area (Å²) in [6.45, 7) is 10.5. The Kier molecular flexibility index (Phi) is 6.64. The van der Waals surface area contributed by atoms with E-state index in [-0.39, 0.29) is 23.3 Å². The Morgan fingerprint density at radius 2 is 2.00 bits per heavy atom. The van der Waals surface area contributed by atoms with Crippen LogP contribution >= 0.6 is 11.3 Å². The number of anilines is 2. The zero-order chi connectivity index (χ0) is 20.3. The molecule has 0 aromatic carbocycles. The molecule has 0 atom stereocenters. The lowest BCUT2D eigenvalue weighted by atomic mass is 10.1. The van der Waals surface area contributed by atoms with Crippen molar-refractivity contribution in [3.8, 4) is 0 Å². The van der Waals surface area contributed by atoms with Crippen molar-refractivity contribution in [3.05, 3.63) is 42.2 Å². The average molecular weight is 393 g/mol. The minimum atomic E-state index is -0.635. The van der Waals surface area contributed by atoms with Gasteiger partial charge in [0.2, 0.25) is 0 Å². The van der Waals surface area contributed by atoms with Gasteiger partial charge in [-0.15, -0.1) is 11.3 Å². The minimum Gasteiger partial charge on any atom is -0.383 e. The van der Waals surface area contributed by atoms with Crippen LogP contribution in [0.15, 0.2) is 15.7 Å². The lowest BCUT2D eigenvalue weighted by molar-refractivity contribution is 0.0983. The zero-order valence-corrected chi connectivity index (χ0v) is 17.4. The molecule has 2 heterocycles. The van der Waals surface area contributed by atoms with Gasteiger partial charge in [-0.05, 0) is 32.3 Å². The number of nitrogens with two attached hydrogens (primary N) is 1. The molecule has 2 rings (SSSR count). The highest BCUT2D eigenvalue weighted by atomic mass is 32.1. The molecule has 0 aliphatic heterocycles. The minimum absolute atomic E-state index is 0.0378. The quantitative estimate of drug-likeness (QED) is 0.756. The number of thiophene rings is 1. The molecule has 2 aromatic heterocycles. The Bertz CT molecular complexity index is 939. The molecule has 7 nitrogen and oxygen atoms in total. The van der Waals surface area contributed by atoms with Crippen LogP contribution in [0.4, 0.5) is 11.5 Å². The maximum absolute atomic E-state index is 13.3. The van der Waals surface area contributed by atoms with Gasteiger partial charge in [0.15, 0.2) is 5.69 Å². The van der Waals surface area contributed by atoms with Gasteiger partial charge >= 0.3 is 5.69 Å². The number of aromatic nitrogens is 2. The molecule has 0 aliphatic carbocycles. The van der Waals surface area contributed by atoms with Crippen LogP contribution in [0.3, 0.4) is 0 Å². The van der Waals surface area contributed by atoms with E-state index in [1.807, 2.05) is 40.7 Å². The van der Waals surface area contributed by atoms with E-state index in [4.69, 9.17) is 5.73 Å². The summed E-state index contributed by atoms with van der Waals surface area (Å²) in [6.07, 6.45) is 1.62. The summed E-state index contributed by atoms with van der Waals surface area (Å²) < 4.78 is 1.34. The van der Waals surface area contributed by atoms with Crippen molar-refractivity contribution in [2.24, 2.45) is 5.92 Å². The van der Waals surface area contributed by atoms with Gasteiger partial charge in [-0.2, -0.15) is 0 Å². The van der Waals surface area contributed by atoms with E-state index in [2.05, 4.69) is 4.98 Å². The summed E-state index contributed by atoms with van der Waals surface area (Å²) in [5.41, 5.74) is 5.64. The van der Waals surface area contributed by atoms with Crippen LogP contribution in [0.2, 0.25) is 0 Å². The standard InChI is InChI=1S/C19H28N4O3S/c1-6-7-8-22-16(20)15(17(24)21-19(22)26)23(10-11(2)3)18(25)14-9-12(4)27-13(14)5/h9,11H,6-8,10,20H2,1-5H3,(H,21,24,26). The van der Waals surface area contributed by atoms with Crippen molar-refractivity contribution in [1.29, 1.82) is 0 Å². The average Bonchev–Trinajstić information content (AvgIpc) is 2.91. The van der Waals surface area contributed by atoms with Gasteiger partial charge in [-0.1, -0.05) is 27.2 Å². The fraction of sp³-hybridized carbons (Fsp3) is 0.526. The summed E-state index contributed by atoms with van der Waals surface area (Å²) >= 11 is 1.53. The molecule has 0 aliphatic rings. The van der Waals surface area contributed by atoms with Crippen molar-refractivity contribution in [3.63, 3.8) is 0 Å². The molecule has 0 radical (unpaired) electrons. The molecule has 0 bridgehead atoms. The first-order valence-electron chi connectivity index (χ1n) is 9.18. The molecular formula is C19H28N4O3S. The first kappa shape index (κ1) is 21.0. The van der Waals surface area contributed by atoms with Crippen molar-refractivity contribution in [2.75, 3.05) is 17.2 Å². The Morgan fingerprint density at radius 3 is 2.52 bits per heavy atom. The third kappa shape index (κ3) is 4.50. The predicted octanol–water partition coefficient (Wildman–Crippen LogP) is 2.90. The van der Waals surface area contributed by atoms with E-state index in [1.165, 1.54) is 20.8 Å². The second-order valence-corrected chi connectivity index (χ2v) is 8.60. The van der Waals surface area contributed by atoms with Crippen LogP contribution in [0.25, 0.3) is 0 Å². The topological polar surface area (TPSA) is 101 Å². The zero-order valence-electron chi connectivity index (χ0n) is 16.6. The van der Waals surface area contributed by atoms with Crippen LogP contribution in [0, 0.1) is 19.8 Å². The molecule has 2 aromatic rings. The summed E-state index contributed by atoms with van der Waals surface area (Å²) in [5, 5.41) is 0. The molecule has 0 fully saturated rings. The van der Waals surface area contributed by atoms with E-state index in [9.17, 15) is 14.4 Å². The first-order valence-corrected chi connectivity index (χ1v) is 10.0. The lowest BCUT2D eigenvalue weighted by Crippen LogP contribution is -2.42. The van der Waals surface area contributed by atoms with Crippen LogP contribution in [0.1, 0.15) is 53.7 Å². The molecule has 27 heavy (non-hydrogen) atoms. The van der Waals surface area contributed by atoms with Gasteiger partial charge in [0.05, 0.1) is 5.56 Å². The fourth-order valence-corrected chi connectivity index (χ4v) is 3.92. The molecule has 3 N–H and O–H groups in total. The largest absolute Gasteiger partial charge is 0.383 e. The number of unbranched alkanes of at least 4 members (excludes halogenated alkanes) is 1. The van der Waals surface area contributed by atoms with E-state index in [0.717, 1.165) is 22.6 Å². The lowest BCUT2D eigenvalue weighted by Gasteiger charge is -2.26. The number of carbonyl (C=O) groups excluding carboxylic acids is 1. The van der Waals surface area contributed by atoms with E-state index < -0.39 is 11.2 Å². The van der Waals surface area contributed by atoms with Gasteiger partial charge in [-0.3, -0.25) is 19.1 Å². The SMILES string of the molecule is CCCCn1c(N)c(N(CC(C)C)C(=O)c2cc(C)sc2C)c(=O)[nH]c1=O. The molecule has 0 saturated heterocycles. The van der Waals surface area contributed by atoms with E-state index >= 15 is 0 Å². The van der Waals surface area contributed by atoms with Gasteiger partial charge in [0.25, 0.3) is 11.5 Å². The number of carbonyl (C=O) groups is 1. The molecule has 0 unspecified atom stereocenters. The second-order valence-electron chi connectivity index (χ2n) is 7.13. The summed E-state index contributed by atoms with van der Waals surface area (Å²) in [6, 6.07) is 1.83. The Morgan fingerprint density at radius 1 is 1.33 bits per heavy atom. The highest BCUT2D eigenvalue weighted by Crippen LogP contribution is 2.26. The molecular weight excluding hydrogens is 364 g/mol. The number of hydrogen-bond donors (Lipinski definition) is 2. The van der Waals surface area contributed by atoms with Crippen molar-refractivity contribution in [1.82, 2.24) is 9.55 Å². The van der Waals surface area contributed by atoms with Gasteiger partial charge in [0.1, 0.15) is 5.82 Å². The molecule has 0 saturated carbocycles.